The van der Waals surface area contributed by atoms with Gasteiger partial charge in [-0.1, -0.05) is 183 Å². The Hall–Kier alpha value is -9.06. The van der Waals surface area contributed by atoms with Crippen LogP contribution in [0.4, 0.5) is 0 Å². The zero-order valence-corrected chi connectivity index (χ0v) is 82.6. The van der Waals surface area contributed by atoms with E-state index in [9.17, 15) is 62.6 Å². The number of fused-ring (bicyclic) bond motifs is 2. The highest BCUT2D eigenvalue weighted by Gasteiger charge is 2.47. The monoisotopic (exact) mass is 1830 g/mol. The quantitative estimate of drug-likeness (QED) is 0.0197. The van der Waals surface area contributed by atoms with Crippen LogP contribution in [0.5, 0.6) is 0 Å². The number of para-hydroxylation sites is 2. The molecule has 2 aliphatic heterocycles. The molecule has 0 aliphatic carbocycles. The molecular weight excluding hydrogens is 1670 g/mol. The van der Waals surface area contributed by atoms with Gasteiger partial charge in [0.05, 0.1) is 79.4 Å². The van der Waals surface area contributed by atoms with Gasteiger partial charge in [-0.3, -0.25) is 67.3 Å². The lowest BCUT2D eigenvalue weighted by Gasteiger charge is -2.41. The number of ether oxygens (including phenoxy) is 4. The summed E-state index contributed by atoms with van der Waals surface area (Å²) in [5, 5.41) is 33.3. The number of likely N-dealkylation sites (tertiary alicyclic amines) is 2. The number of carboxylic acid groups (broad SMARTS) is 3. The third-order valence-corrected chi connectivity index (χ3v) is 28.2. The van der Waals surface area contributed by atoms with E-state index in [-0.39, 0.29) is 152 Å². The molecule has 5 aromatic rings. The molecule has 28 heteroatoms. The molecule has 2 saturated heterocycles. The van der Waals surface area contributed by atoms with Crippen molar-refractivity contribution in [2.75, 3.05) is 82.8 Å². The van der Waals surface area contributed by atoms with E-state index >= 15 is 0 Å². The molecule has 4 heterocycles. The van der Waals surface area contributed by atoms with Crippen LogP contribution in [0.15, 0.2) is 91.3 Å². The minimum atomic E-state index is -1.05. The van der Waals surface area contributed by atoms with Gasteiger partial charge in [0.1, 0.15) is 11.6 Å². The molecule has 7 rings (SSSR count). The molecule has 0 bridgehead atoms. The number of ketones is 4. The summed E-state index contributed by atoms with van der Waals surface area (Å²) in [6.45, 7) is 29.8. The van der Waals surface area contributed by atoms with Crippen molar-refractivity contribution >= 4 is 92.4 Å². The number of carbonyl (C=O) groups is 12. The van der Waals surface area contributed by atoms with Gasteiger partial charge < -0.3 is 69.2 Å². The van der Waals surface area contributed by atoms with Gasteiger partial charge in [0.15, 0.2) is 11.6 Å². The number of aromatic amines is 2. The first-order chi connectivity index (χ1) is 62.1. The fraction of sp³-hybridized carbons (Fsp3) is 0.670. The number of methoxy groups -OCH3 is 4. The minimum Gasteiger partial charge on any atom is -0.481 e. The molecule has 0 saturated carbocycles. The summed E-state index contributed by atoms with van der Waals surface area (Å²) in [4.78, 5) is 180. The number of aromatic nitrogens is 2. The standard InChI is InChI=1S/C56H85N5O9.C47H74N4O10/c1-12-38(6)53(60(9)56(68)44(36(2)3)32-48(63)52(37(4)5)59(8)28-20-14-17-27-51(65)66)49(69-10)33-50(64)61-29-21-26-46(61)54(70-11)39(7)47(62)31-41(55(67)58-34-40-22-15-13-16-23-40)30-42-35-57-45-25-19-18-24-43(42)45;1-12-30(6)44(50(9)46(57)35(28(2)3)25-39(53)43(29(4)5)49(8)21-16-20-42(55)56)40(60-10)26-41(54)51-22-15-19-37(51)45(61-11)31(7)38(52)24-32(47(58)59)23-33-27-48-36-18-14-13-17-34(33)36/h13,15-16,18-19,22-25,35-39,41,44,46,49,52-54,57H,12,14,17,20-21,26-34H2,1-11H3,(H,58,67)(H,65,66);13-14,17-18,27-32,35,37,40,43-45,48H,12,15-16,19-26H2,1-11H3,(H,55,56)(H,58,59)/t38-,39-,41+,44-,46-,49+,52-,53-,54+;30-,31-,32+,35-,37-,40+,43-,44-,45+/m00/s1. The molecule has 28 nitrogen and oxygen atoms in total. The lowest BCUT2D eigenvalue weighted by Crippen LogP contribution is -2.54. The fourth-order valence-electron chi connectivity index (χ4n) is 20.3. The Morgan fingerprint density at radius 3 is 1.23 bits per heavy atom. The first-order valence-corrected chi connectivity index (χ1v) is 48.0. The molecular formula is C103H159N9O19. The van der Waals surface area contributed by atoms with Gasteiger partial charge >= 0.3 is 17.9 Å². The van der Waals surface area contributed by atoms with Gasteiger partial charge in [0.2, 0.25) is 29.5 Å². The molecule has 730 valence electrons. The van der Waals surface area contributed by atoms with Crippen LogP contribution in [0.1, 0.15) is 229 Å². The van der Waals surface area contributed by atoms with Gasteiger partial charge in [-0.15, -0.1) is 0 Å². The highest BCUT2D eigenvalue weighted by atomic mass is 16.5. The average molecular weight is 1830 g/mol. The predicted octanol–water partition coefficient (Wildman–Crippen LogP) is 14.7. The van der Waals surface area contributed by atoms with Crippen molar-refractivity contribution in [3.05, 3.63) is 108 Å². The largest absolute Gasteiger partial charge is 0.481 e. The van der Waals surface area contributed by atoms with E-state index in [0.29, 0.717) is 77.7 Å². The number of unbranched alkanes of at least 4 members (excludes halogenated alkanes) is 2. The van der Waals surface area contributed by atoms with E-state index in [1.165, 1.54) is 14.2 Å². The van der Waals surface area contributed by atoms with Crippen LogP contribution in [-0.2, 0) is 95.9 Å². The third kappa shape index (κ3) is 31.3. The topological polar surface area (TPSA) is 366 Å². The Bertz CT molecular complexity index is 4470. The molecule has 0 unspecified atom stereocenters. The first kappa shape index (κ1) is 111. The number of nitrogens with zero attached hydrogens (tertiary/aromatic N) is 6. The second-order valence-corrected chi connectivity index (χ2v) is 38.7. The number of carboxylic acids is 3. The zero-order valence-electron chi connectivity index (χ0n) is 82.6. The normalized spacial score (nSPS) is 18.0. The van der Waals surface area contributed by atoms with Crippen molar-refractivity contribution in [3.63, 3.8) is 0 Å². The van der Waals surface area contributed by atoms with Crippen molar-refractivity contribution in [3.8, 4) is 0 Å². The van der Waals surface area contributed by atoms with E-state index < -0.39 is 108 Å². The van der Waals surface area contributed by atoms with Gasteiger partial charge in [-0.2, -0.15) is 0 Å². The molecule has 5 amide bonds. The van der Waals surface area contributed by atoms with E-state index in [1.54, 1.807) is 56.1 Å². The Morgan fingerprint density at radius 2 is 0.847 bits per heavy atom. The van der Waals surface area contributed by atoms with Gasteiger partial charge in [-0.25, -0.2) is 0 Å². The Balaban J connectivity index is 0.000000407. The molecule has 3 aromatic carbocycles. The lowest BCUT2D eigenvalue weighted by molar-refractivity contribution is -0.149. The van der Waals surface area contributed by atoms with Gasteiger partial charge in [0, 0.05) is 164 Å². The number of hydrogen-bond donors (Lipinski definition) is 6. The number of H-pyrrole nitrogens is 2. The van der Waals surface area contributed by atoms with Crippen molar-refractivity contribution in [1.82, 2.24) is 44.7 Å². The number of aliphatic carboxylic acids is 3. The van der Waals surface area contributed by atoms with Crippen molar-refractivity contribution in [2.45, 2.75) is 293 Å². The molecule has 6 N–H and O–H groups in total. The Morgan fingerprint density at radius 1 is 0.458 bits per heavy atom. The highest BCUT2D eigenvalue weighted by molar-refractivity contribution is 5.93. The summed E-state index contributed by atoms with van der Waals surface area (Å²) in [6.07, 6.45) is 8.32. The summed E-state index contributed by atoms with van der Waals surface area (Å²) in [7, 11) is 13.4. The fourth-order valence-corrected chi connectivity index (χ4v) is 20.3. The number of carbonyl (C=O) groups excluding carboxylic acids is 9. The van der Waals surface area contributed by atoms with Crippen LogP contribution in [-0.4, -0.2) is 269 Å². The molecule has 2 fully saturated rings. The molecule has 131 heavy (non-hydrogen) atoms. The SMILES string of the molecule is CC[C@H](C)[C@@H]([C@@H](CC(=O)N1CCC[C@H]1[C@H](OC)[C@@H](C)C(=O)C[C@@H](Cc1c[nH]c2ccccc12)C(=O)NCc1ccccc1)OC)N(C)C(=O)[C@@H](CC(=O)[C@H](C(C)C)N(C)CCCCCC(=O)O)C(C)C.CC[C@H](C)[C@@H]([C@@H](CC(=O)N1CCC[C@H]1[C@H](OC)[C@@H](C)C(=O)C[C@@H](Cc1c[nH]c2ccccc12)C(=O)O)OC)N(C)C(=O)[C@@H](CC(=O)[C@H](C(C)C)N(C)CCCC(=O)O)C(C)C. The maximum atomic E-state index is 14.7. The second-order valence-electron chi connectivity index (χ2n) is 38.7. The summed E-state index contributed by atoms with van der Waals surface area (Å²) in [5.41, 5.74) is 4.61. The predicted molar refractivity (Wildman–Crippen MR) is 510 cm³/mol. The number of rotatable bonds is 58. The lowest BCUT2D eigenvalue weighted by atomic mass is 9.83. The maximum Gasteiger partial charge on any atom is 0.307 e. The molecule has 18 atom stereocenters. The zero-order chi connectivity index (χ0) is 97.4. The summed E-state index contributed by atoms with van der Waals surface area (Å²) in [5.74, 6) is -8.64. The number of hydrogen-bond acceptors (Lipinski definition) is 18. The summed E-state index contributed by atoms with van der Waals surface area (Å²) in [6, 6.07) is 22.6. The summed E-state index contributed by atoms with van der Waals surface area (Å²) < 4.78 is 24.3. The smallest absolute Gasteiger partial charge is 0.307 e. The second kappa shape index (κ2) is 54.3. The van der Waals surface area contributed by atoms with Crippen LogP contribution in [0.2, 0.25) is 0 Å². The summed E-state index contributed by atoms with van der Waals surface area (Å²) >= 11 is 0. The van der Waals surface area contributed by atoms with Crippen LogP contribution >= 0.6 is 0 Å². The molecule has 0 radical (unpaired) electrons. The van der Waals surface area contributed by atoms with Crippen LogP contribution in [0.25, 0.3) is 21.8 Å². The van der Waals surface area contributed by atoms with Crippen LogP contribution < -0.4 is 5.32 Å². The Labute approximate surface area is 779 Å². The van der Waals surface area contributed by atoms with Gasteiger partial charge in [-0.05, 0) is 149 Å². The van der Waals surface area contributed by atoms with E-state index in [0.717, 1.165) is 64.2 Å². The van der Waals surface area contributed by atoms with Gasteiger partial charge in [0.25, 0.3) is 0 Å². The van der Waals surface area contributed by atoms with Crippen molar-refractivity contribution in [1.29, 1.82) is 0 Å². The number of benzene rings is 3. The first-order valence-electron chi connectivity index (χ1n) is 48.0. The van der Waals surface area contributed by atoms with E-state index in [2.05, 4.69) is 29.1 Å². The number of amides is 5. The van der Waals surface area contributed by atoms with Crippen molar-refractivity contribution in [2.24, 2.45) is 71.0 Å². The minimum absolute atomic E-state index is 0.00125. The number of Topliss-reactive ketones (excluding diaryl/α,β-unsaturated/α-hetero) is 4. The average Bonchev–Trinajstić information content (AvgIpc) is 1.62. The molecule has 0 spiro atoms. The van der Waals surface area contributed by atoms with E-state index in [1.807, 2.05) is 190 Å². The number of nitrogens with one attached hydrogen (secondary N) is 3. The van der Waals surface area contributed by atoms with Crippen molar-refractivity contribution < 1.29 is 91.8 Å². The maximum absolute atomic E-state index is 14.7. The third-order valence-electron chi connectivity index (χ3n) is 28.2. The van der Waals surface area contributed by atoms with E-state index in [4.69, 9.17) is 29.2 Å². The highest BCUT2D eigenvalue weighted by Crippen LogP contribution is 2.37. The molecule has 2 aromatic heterocycles. The number of likely N-dealkylation sites (N-methyl/N-ethyl adjacent to an activating group) is 4. The van der Waals surface area contributed by atoms with Crippen LogP contribution in [0, 0.1) is 71.0 Å². The molecule has 2 aliphatic rings. The Kier molecular flexibility index (Phi) is 45.9. The van der Waals surface area contributed by atoms with Crippen LogP contribution in [0.3, 0.4) is 0 Å².